The molecule has 0 fully saturated rings. The van der Waals surface area contributed by atoms with Crippen molar-refractivity contribution in [3.63, 3.8) is 0 Å². The minimum absolute atomic E-state index is 0.231. The van der Waals surface area contributed by atoms with Crippen LogP contribution in [0.25, 0.3) is 0 Å². The van der Waals surface area contributed by atoms with Crippen LogP contribution in [-0.4, -0.2) is 19.6 Å². The van der Waals surface area contributed by atoms with Crippen LogP contribution in [0.5, 0.6) is 0 Å². The number of amides is 1. The highest BCUT2D eigenvalue weighted by Gasteiger charge is 2.19. The van der Waals surface area contributed by atoms with Crippen LogP contribution in [0.4, 0.5) is 5.69 Å². The van der Waals surface area contributed by atoms with E-state index in [0.717, 1.165) is 5.56 Å². The third-order valence-electron chi connectivity index (χ3n) is 3.34. The van der Waals surface area contributed by atoms with Crippen molar-refractivity contribution in [1.82, 2.24) is 0 Å². The van der Waals surface area contributed by atoms with Crippen LogP contribution in [-0.2, 0) is 9.84 Å². The molecule has 2 aromatic rings. The molecule has 2 aromatic carbocycles. The molecule has 2 rings (SSSR count). The molecule has 1 N–H and O–H groups in total. The third kappa shape index (κ3) is 3.54. The van der Waals surface area contributed by atoms with E-state index in [9.17, 15) is 13.2 Å². The van der Waals surface area contributed by atoms with Crippen molar-refractivity contribution in [2.75, 3.05) is 5.32 Å². The lowest BCUT2D eigenvalue weighted by atomic mass is 10.2. The van der Waals surface area contributed by atoms with E-state index in [-0.39, 0.29) is 10.8 Å². The summed E-state index contributed by atoms with van der Waals surface area (Å²) in [5.74, 6) is -0.265. The maximum absolute atomic E-state index is 12.2. The molecule has 0 aliphatic rings. The molecular formula is C17H19NO3S. The van der Waals surface area contributed by atoms with Gasteiger partial charge in [0.1, 0.15) is 0 Å². The molecule has 0 saturated heterocycles. The standard InChI is InChI=1S/C17H19NO3S/c1-12(2)22(20,21)16-9-7-14(8-10-16)17(19)18-15-6-4-5-13(3)11-15/h4-12H,1-3H3,(H,18,19). The van der Waals surface area contributed by atoms with Gasteiger partial charge in [-0.25, -0.2) is 8.42 Å². The van der Waals surface area contributed by atoms with Crippen molar-refractivity contribution in [1.29, 1.82) is 0 Å². The number of benzene rings is 2. The van der Waals surface area contributed by atoms with Crippen molar-refractivity contribution >= 4 is 21.4 Å². The number of carbonyl (C=O) groups is 1. The number of hydrogen-bond acceptors (Lipinski definition) is 3. The molecule has 0 spiro atoms. The van der Waals surface area contributed by atoms with Crippen molar-refractivity contribution < 1.29 is 13.2 Å². The minimum Gasteiger partial charge on any atom is -0.322 e. The molecular weight excluding hydrogens is 298 g/mol. The Bertz CT molecular complexity index is 778. The summed E-state index contributed by atoms with van der Waals surface area (Å²) in [6, 6.07) is 13.5. The van der Waals surface area contributed by atoms with E-state index in [4.69, 9.17) is 0 Å². The molecule has 5 heteroatoms. The second-order valence-electron chi connectivity index (χ2n) is 5.44. The van der Waals surface area contributed by atoms with Gasteiger partial charge in [0.05, 0.1) is 10.1 Å². The van der Waals surface area contributed by atoms with Crippen molar-refractivity contribution in [3.8, 4) is 0 Å². The largest absolute Gasteiger partial charge is 0.322 e. The first-order valence-electron chi connectivity index (χ1n) is 7.02. The summed E-state index contributed by atoms with van der Waals surface area (Å²) in [4.78, 5) is 12.4. The van der Waals surface area contributed by atoms with Crippen molar-refractivity contribution in [2.24, 2.45) is 0 Å². The van der Waals surface area contributed by atoms with Crippen molar-refractivity contribution in [3.05, 3.63) is 59.7 Å². The predicted octanol–water partition coefficient (Wildman–Crippen LogP) is 3.43. The molecule has 0 saturated carbocycles. The fourth-order valence-electron chi connectivity index (χ4n) is 1.99. The maximum atomic E-state index is 12.2. The second-order valence-corrected chi connectivity index (χ2v) is 7.95. The summed E-state index contributed by atoms with van der Waals surface area (Å²) in [7, 11) is -3.32. The molecule has 0 unspecified atom stereocenters. The van der Waals surface area contributed by atoms with Gasteiger partial charge in [0, 0.05) is 11.3 Å². The van der Waals surface area contributed by atoms with Gasteiger partial charge in [-0.2, -0.15) is 0 Å². The van der Waals surface area contributed by atoms with Crippen LogP contribution in [0.1, 0.15) is 29.8 Å². The topological polar surface area (TPSA) is 63.2 Å². The summed E-state index contributed by atoms with van der Waals surface area (Å²) in [5.41, 5.74) is 2.18. The SMILES string of the molecule is Cc1cccc(NC(=O)c2ccc(S(=O)(=O)C(C)C)cc2)c1. The number of hydrogen-bond donors (Lipinski definition) is 1. The van der Waals surface area contributed by atoms with Gasteiger partial charge in [0.15, 0.2) is 9.84 Å². The Hall–Kier alpha value is -2.14. The number of anilines is 1. The summed E-state index contributed by atoms with van der Waals surface area (Å²) in [5, 5.41) is 2.31. The Morgan fingerprint density at radius 1 is 1.05 bits per heavy atom. The summed E-state index contributed by atoms with van der Waals surface area (Å²) >= 11 is 0. The molecule has 0 radical (unpaired) electrons. The molecule has 22 heavy (non-hydrogen) atoms. The van der Waals surface area contributed by atoms with Crippen LogP contribution in [0.2, 0.25) is 0 Å². The Morgan fingerprint density at radius 3 is 2.23 bits per heavy atom. The molecule has 0 atom stereocenters. The van der Waals surface area contributed by atoms with Crippen LogP contribution in [0, 0.1) is 6.92 Å². The zero-order valence-corrected chi connectivity index (χ0v) is 13.6. The summed E-state index contributed by atoms with van der Waals surface area (Å²) in [6.07, 6.45) is 0. The first kappa shape index (κ1) is 16.2. The molecule has 0 aromatic heterocycles. The highest BCUT2D eigenvalue weighted by Crippen LogP contribution is 2.17. The van der Waals surface area contributed by atoms with E-state index < -0.39 is 15.1 Å². The lowest BCUT2D eigenvalue weighted by Crippen LogP contribution is -2.15. The van der Waals surface area contributed by atoms with Gasteiger partial charge in [0.2, 0.25) is 0 Å². The van der Waals surface area contributed by atoms with Gasteiger partial charge in [-0.3, -0.25) is 4.79 Å². The zero-order valence-electron chi connectivity index (χ0n) is 12.8. The van der Waals surface area contributed by atoms with Crippen LogP contribution >= 0.6 is 0 Å². The van der Waals surface area contributed by atoms with Gasteiger partial charge in [-0.15, -0.1) is 0 Å². The van der Waals surface area contributed by atoms with Gasteiger partial charge in [-0.05, 0) is 62.7 Å². The van der Waals surface area contributed by atoms with E-state index in [0.29, 0.717) is 11.3 Å². The van der Waals surface area contributed by atoms with E-state index >= 15 is 0 Å². The zero-order chi connectivity index (χ0) is 16.3. The molecule has 1 amide bonds. The van der Waals surface area contributed by atoms with Gasteiger partial charge in [-0.1, -0.05) is 12.1 Å². The number of nitrogens with one attached hydrogen (secondary N) is 1. The highest BCUT2D eigenvalue weighted by atomic mass is 32.2. The molecule has 0 aliphatic carbocycles. The molecule has 116 valence electrons. The molecule has 0 bridgehead atoms. The van der Waals surface area contributed by atoms with E-state index in [1.807, 2.05) is 31.2 Å². The fraction of sp³-hybridized carbons (Fsp3) is 0.235. The average molecular weight is 317 g/mol. The average Bonchev–Trinajstić information content (AvgIpc) is 2.47. The number of rotatable bonds is 4. The summed E-state index contributed by atoms with van der Waals surface area (Å²) in [6.45, 7) is 5.21. The number of sulfone groups is 1. The van der Waals surface area contributed by atoms with Crippen molar-refractivity contribution in [2.45, 2.75) is 30.9 Å². The predicted molar refractivity (Wildman–Crippen MR) is 87.9 cm³/mol. The quantitative estimate of drug-likeness (QED) is 0.939. The first-order chi connectivity index (χ1) is 10.3. The Morgan fingerprint density at radius 2 is 1.68 bits per heavy atom. The highest BCUT2D eigenvalue weighted by molar-refractivity contribution is 7.92. The van der Waals surface area contributed by atoms with Crippen LogP contribution in [0.3, 0.4) is 0 Å². The molecule has 4 nitrogen and oxygen atoms in total. The molecule has 0 aliphatic heterocycles. The minimum atomic E-state index is -3.32. The molecule has 0 heterocycles. The Kier molecular flexibility index (Phi) is 4.66. The van der Waals surface area contributed by atoms with E-state index in [2.05, 4.69) is 5.32 Å². The Labute approximate surface area is 131 Å². The number of carbonyl (C=O) groups excluding carboxylic acids is 1. The maximum Gasteiger partial charge on any atom is 0.255 e. The lowest BCUT2D eigenvalue weighted by Gasteiger charge is -2.09. The first-order valence-corrected chi connectivity index (χ1v) is 8.57. The van der Waals surface area contributed by atoms with E-state index in [1.165, 1.54) is 24.3 Å². The number of aryl methyl sites for hydroxylation is 1. The Balaban J connectivity index is 2.19. The smallest absolute Gasteiger partial charge is 0.255 e. The van der Waals surface area contributed by atoms with Gasteiger partial charge < -0.3 is 5.32 Å². The van der Waals surface area contributed by atoms with E-state index in [1.54, 1.807) is 13.8 Å². The normalized spacial score (nSPS) is 11.5. The monoisotopic (exact) mass is 317 g/mol. The van der Waals surface area contributed by atoms with Crippen LogP contribution in [0.15, 0.2) is 53.4 Å². The third-order valence-corrected chi connectivity index (χ3v) is 5.51. The van der Waals surface area contributed by atoms with Gasteiger partial charge >= 0.3 is 0 Å². The van der Waals surface area contributed by atoms with Crippen LogP contribution < -0.4 is 5.32 Å². The fourth-order valence-corrected chi connectivity index (χ4v) is 3.05. The summed E-state index contributed by atoms with van der Waals surface area (Å²) < 4.78 is 24.1. The second kappa shape index (κ2) is 6.32. The lowest BCUT2D eigenvalue weighted by molar-refractivity contribution is 0.102. The van der Waals surface area contributed by atoms with Gasteiger partial charge in [0.25, 0.3) is 5.91 Å².